The smallest absolute Gasteiger partial charge is 0.303 e. The number of carbonyl (C=O) groups is 4. The van der Waals surface area contributed by atoms with Crippen LogP contribution in [-0.4, -0.2) is 46.9 Å². The first-order valence-electron chi connectivity index (χ1n) is 11.7. The Balaban J connectivity index is 1.72. The summed E-state index contributed by atoms with van der Waals surface area (Å²) in [6.07, 6.45) is 5.39. The topological polar surface area (TPSA) is 107 Å². The normalized spacial score (nSPS) is 42.8. The molecule has 0 saturated heterocycles. The second-order valence-electron chi connectivity index (χ2n) is 10.7. The zero-order valence-electron chi connectivity index (χ0n) is 19.4. The summed E-state index contributed by atoms with van der Waals surface area (Å²) in [5, 5.41) is 11.5. The van der Waals surface area contributed by atoms with Crippen molar-refractivity contribution in [3.63, 3.8) is 0 Å². The van der Waals surface area contributed by atoms with E-state index < -0.39 is 41.4 Å². The van der Waals surface area contributed by atoms with Gasteiger partial charge in [-0.25, -0.2) is 0 Å². The first-order chi connectivity index (χ1) is 14.9. The third-order valence-corrected chi connectivity index (χ3v) is 9.19. The number of ketones is 2. The van der Waals surface area contributed by atoms with Crippen molar-refractivity contribution in [1.82, 2.24) is 0 Å². The SMILES string of the molecule is CC(=O)OCC(=O)[C@]1(OC(C)=O)CC[C@@H]2[C@H]3CCC4=CC(=O)CC[C@]4(C)[C@@H]3[C@@H](O)C[C@@]21C. The van der Waals surface area contributed by atoms with Gasteiger partial charge in [0.1, 0.15) is 0 Å². The molecule has 4 aliphatic carbocycles. The van der Waals surface area contributed by atoms with Gasteiger partial charge in [0, 0.05) is 25.7 Å². The van der Waals surface area contributed by atoms with Crippen LogP contribution >= 0.6 is 0 Å². The van der Waals surface area contributed by atoms with Crippen LogP contribution in [0.2, 0.25) is 0 Å². The fourth-order valence-corrected chi connectivity index (χ4v) is 7.89. The van der Waals surface area contributed by atoms with E-state index in [1.807, 2.05) is 6.92 Å². The highest BCUT2D eigenvalue weighted by Crippen LogP contribution is 2.68. The van der Waals surface area contributed by atoms with Crippen molar-refractivity contribution in [3.8, 4) is 0 Å². The molecule has 0 spiro atoms. The van der Waals surface area contributed by atoms with Crippen LogP contribution in [-0.2, 0) is 28.7 Å². The highest BCUT2D eigenvalue weighted by Gasteiger charge is 2.70. The number of hydrogen-bond donors (Lipinski definition) is 1. The van der Waals surface area contributed by atoms with Gasteiger partial charge in [0.25, 0.3) is 0 Å². The van der Waals surface area contributed by atoms with Crippen LogP contribution < -0.4 is 0 Å². The predicted octanol–water partition coefficient (Wildman–Crippen LogP) is 2.92. The number of rotatable bonds is 4. The third-order valence-electron chi connectivity index (χ3n) is 9.19. The molecule has 3 fully saturated rings. The monoisotopic (exact) mass is 446 g/mol. The van der Waals surface area contributed by atoms with Crippen LogP contribution in [0.5, 0.6) is 0 Å². The Kier molecular flexibility index (Phi) is 5.63. The minimum atomic E-state index is -1.41. The van der Waals surface area contributed by atoms with Crippen LogP contribution in [0.15, 0.2) is 11.6 Å². The molecular weight excluding hydrogens is 412 g/mol. The van der Waals surface area contributed by atoms with E-state index in [0.29, 0.717) is 25.7 Å². The number of carbonyl (C=O) groups excluding carboxylic acids is 4. The van der Waals surface area contributed by atoms with Gasteiger partial charge < -0.3 is 14.6 Å². The number of fused-ring (bicyclic) bond motifs is 5. The summed E-state index contributed by atoms with van der Waals surface area (Å²) in [5.41, 5.74) is -1.25. The maximum absolute atomic E-state index is 13.4. The Bertz CT molecular complexity index is 891. The molecule has 7 nitrogen and oxygen atoms in total. The lowest BCUT2D eigenvalue weighted by atomic mass is 9.45. The van der Waals surface area contributed by atoms with Gasteiger partial charge in [-0.3, -0.25) is 19.2 Å². The number of ether oxygens (including phenoxy) is 2. The first-order valence-corrected chi connectivity index (χ1v) is 11.7. The van der Waals surface area contributed by atoms with Crippen LogP contribution in [0.3, 0.4) is 0 Å². The summed E-state index contributed by atoms with van der Waals surface area (Å²) in [4.78, 5) is 48.9. The van der Waals surface area contributed by atoms with Crippen molar-refractivity contribution < 1.29 is 33.8 Å². The summed E-state index contributed by atoms with van der Waals surface area (Å²) in [5.74, 6) is -1.10. The molecule has 176 valence electrons. The van der Waals surface area contributed by atoms with Crippen molar-refractivity contribution in [2.24, 2.45) is 28.6 Å². The number of hydrogen-bond acceptors (Lipinski definition) is 7. The second-order valence-corrected chi connectivity index (χ2v) is 10.7. The van der Waals surface area contributed by atoms with Crippen LogP contribution in [0.4, 0.5) is 0 Å². The molecule has 0 radical (unpaired) electrons. The van der Waals surface area contributed by atoms with E-state index in [0.717, 1.165) is 24.8 Å². The van der Waals surface area contributed by atoms with E-state index in [1.165, 1.54) is 13.8 Å². The van der Waals surface area contributed by atoms with Gasteiger partial charge in [-0.05, 0) is 67.8 Å². The highest BCUT2D eigenvalue weighted by molar-refractivity contribution is 5.93. The molecule has 0 aromatic heterocycles. The maximum atomic E-state index is 13.4. The minimum absolute atomic E-state index is 0.00498. The van der Waals surface area contributed by atoms with Crippen molar-refractivity contribution in [2.45, 2.75) is 84.3 Å². The molecule has 0 bridgehead atoms. The van der Waals surface area contributed by atoms with E-state index in [4.69, 9.17) is 9.47 Å². The molecule has 0 aromatic rings. The molecule has 4 aliphatic rings. The van der Waals surface area contributed by atoms with Crippen molar-refractivity contribution in [1.29, 1.82) is 0 Å². The molecule has 32 heavy (non-hydrogen) atoms. The lowest BCUT2D eigenvalue weighted by Crippen LogP contribution is -2.63. The molecule has 0 heterocycles. The molecule has 0 amide bonds. The van der Waals surface area contributed by atoms with E-state index in [-0.39, 0.29) is 29.0 Å². The lowest BCUT2D eigenvalue weighted by Gasteiger charge is -2.60. The van der Waals surface area contributed by atoms with E-state index >= 15 is 0 Å². The predicted molar refractivity (Wildman–Crippen MR) is 114 cm³/mol. The largest absolute Gasteiger partial charge is 0.458 e. The second kappa shape index (κ2) is 7.79. The molecule has 0 aliphatic heterocycles. The molecule has 0 aromatic carbocycles. The standard InChI is InChI=1S/C25H34O7/c1-14(26)31-13-21(30)25(32-15(2)27)10-8-19-18-6-5-16-11-17(28)7-9-23(16,3)22(18)20(29)12-24(19,25)4/h11,18-20,22,29H,5-10,12-13H2,1-4H3/t18-,19-,20+,22+,23+,24+,25-/m1/s1. The zero-order chi connectivity index (χ0) is 23.5. The number of aliphatic hydroxyl groups excluding tert-OH is 1. The first kappa shape index (κ1) is 23.1. The number of Topliss-reactive ketones (excluding diaryl/α,β-unsaturated/α-hetero) is 1. The average molecular weight is 447 g/mol. The molecule has 1 N–H and O–H groups in total. The summed E-state index contributed by atoms with van der Waals surface area (Å²) in [6.45, 7) is 6.22. The van der Waals surface area contributed by atoms with Gasteiger partial charge in [-0.15, -0.1) is 0 Å². The van der Waals surface area contributed by atoms with Crippen molar-refractivity contribution in [2.75, 3.05) is 6.61 Å². The Morgan fingerprint density at radius 2 is 1.81 bits per heavy atom. The Labute approximate surface area is 188 Å². The van der Waals surface area contributed by atoms with Gasteiger partial charge >= 0.3 is 11.9 Å². The number of esters is 2. The minimum Gasteiger partial charge on any atom is -0.458 e. The number of aliphatic hydroxyl groups is 1. The Hall–Kier alpha value is -2.02. The number of allylic oxidation sites excluding steroid dienone is 1. The molecule has 4 rings (SSSR count). The molecule has 3 saturated carbocycles. The van der Waals surface area contributed by atoms with E-state index in [1.54, 1.807) is 6.08 Å². The molecule has 7 heteroatoms. The highest BCUT2D eigenvalue weighted by atomic mass is 16.6. The van der Waals surface area contributed by atoms with Gasteiger partial charge in [-0.2, -0.15) is 0 Å². The van der Waals surface area contributed by atoms with Crippen LogP contribution in [0, 0.1) is 28.6 Å². The van der Waals surface area contributed by atoms with Crippen molar-refractivity contribution in [3.05, 3.63) is 11.6 Å². The summed E-state index contributed by atoms with van der Waals surface area (Å²) < 4.78 is 10.8. The lowest BCUT2D eigenvalue weighted by molar-refractivity contribution is -0.201. The summed E-state index contributed by atoms with van der Waals surface area (Å²) in [7, 11) is 0. The maximum Gasteiger partial charge on any atom is 0.303 e. The van der Waals surface area contributed by atoms with E-state index in [2.05, 4.69) is 6.92 Å². The Morgan fingerprint density at radius 3 is 2.47 bits per heavy atom. The molecular formula is C25H34O7. The van der Waals surface area contributed by atoms with Crippen LogP contribution in [0.25, 0.3) is 0 Å². The fraction of sp³-hybridized carbons (Fsp3) is 0.760. The Morgan fingerprint density at radius 1 is 1.09 bits per heavy atom. The van der Waals surface area contributed by atoms with Crippen LogP contribution in [0.1, 0.15) is 72.6 Å². The van der Waals surface area contributed by atoms with Gasteiger partial charge in [0.05, 0.1) is 6.10 Å². The molecule has 0 unspecified atom stereocenters. The van der Waals surface area contributed by atoms with E-state index in [9.17, 15) is 24.3 Å². The third kappa shape index (κ3) is 3.27. The average Bonchev–Trinajstić information content (AvgIpc) is 2.98. The van der Waals surface area contributed by atoms with Gasteiger partial charge in [-0.1, -0.05) is 19.4 Å². The van der Waals surface area contributed by atoms with Gasteiger partial charge in [0.15, 0.2) is 18.0 Å². The summed E-state index contributed by atoms with van der Waals surface area (Å²) >= 11 is 0. The summed E-state index contributed by atoms with van der Waals surface area (Å²) in [6, 6.07) is 0. The zero-order valence-corrected chi connectivity index (χ0v) is 19.4. The quantitative estimate of drug-likeness (QED) is 0.662. The fourth-order valence-electron chi connectivity index (χ4n) is 7.89. The van der Waals surface area contributed by atoms with Gasteiger partial charge in [0.2, 0.25) is 5.78 Å². The molecule has 7 atom stereocenters. The van der Waals surface area contributed by atoms with Crippen molar-refractivity contribution >= 4 is 23.5 Å².